The molecule has 3 heteroatoms. The molecule has 1 saturated carbocycles. The van der Waals surface area contributed by atoms with Crippen LogP contribution in [0.1, 0.15) is 32.1 Å². The molecule has 16 heavy (non-hydrogen) atoms. The Balaban J connectivity index is 1.85. The van der Waals surface area contributed by atoms with E-state index < -0.39 is 0 Å². The summed E-state index contributed by atoms with van der Waals surface area (Å²) >= 11 is 0. The van der Waals surface area contributed by atoms with E-state index in [1.807, 2.05) is 0 Å². The number of carbonyl (C=O) groups is 1. The maximum atomic E-state index is 11.7. The van der Waals surface area contributed by atoms with E-state index in [-0.39, 0.29) is 0 Å². The third kappa shape index (κ3) is 2.83. The van der Waals surface area contributed by atoms with Crippen molar-refractivity contribution in [2.24, 2.45) is 5.92 Å². The first-order valence-electron chi connectivity index (χ1n) is 6.58. The van der Waals surface area contributed by atoms with Crippen molar-refractivity contribution in [3.05, 3.63) is 0 Å². The highest BCUT2D eigenvalue weighted by molar-refractivity contribution is 5.83. The summed E-state index contributed by atoms with van der Waals surface area (Å²) in [5.41, 5.74) is 0. The first kappa shape index (κ1) is 12.1. The van der Waals surface area contributed by atoms with Crippen LogP contribution in [0.3, 0.4) is 0 Å². The molecule has 0 N–H and O–H groups in total. The summed E-state index contributed by atoms with van der Waals surface area (Å²) < 4.78 is 0. The van der Waals surface area contributed by atoms with Gasteiger partial charge < -0.3 is 4.90 Å². The molecule has 92 valence electrons. The first-order chi connectivity index (χ1) is 7.66. The molecule has 3 nitrogen and oxygen atoms in total. The summed E-state index contributed by atoms with van der Waals surface area (Å²) in [7, 11) is 4.27. The SMILES string of the molecule is CN(C)CC1CCCN1CC1CCCC1=O. The number of hydrogen-bond acceptors (Lipinski definition) is 3. The molecule has 0 radical (unpaired) electrons. The Bertz CT molecular complexity index is 252. The van der Waals surface area contributed by atoms with Crippen molar-refractivity contribution < 1.29 is 4.79 Å². The molecule has 0 aromatic heterocycles. The number of ketones is 1. The molecule has 2 fully saturated rings. The summed E-state index contributed by atoms with van der Waals surface area (Å²) in [6, 6.07) is 0.684. The Morgan fingerprint density at radius 3 is 2.75 bits per heavy atom. The molecule has 0 aromatic carbocycles. The lowest BCUT2D eigenvalue weighted by molar-refractivity contribution is -0.121. The van der Waals surface area contributed by atoms with Crippen LogP contribution >= 0.6 is 0 Å². The Kier molecular flexibility index (Phi) is 3.98. The van der Waals surface area contributed by atoms with Crippen LogP contribution in [0.15, 0.2) is 0 Å². The molecular formula is C13H24N2O. The Hall–Kier alpha value is -0.410. The maximum absolute atomic E-state index is 11.7. The molecule has 2 rings (SSSR count). The number of likely N-dealkylation sites (tertiary alicyclic amines) is 1. The molecule has 0 bridgehead atoms. The van der Waals surface area contributed by atoms with Crippen LogP contribution in [0.4, 0.5) is 0 Å². The second-order valence-electron chi connectivity index (χ2n) is 5.61. The van der Waals surface area contributed by atoms with Crippen LogP contribution < -0.4 is 0 Å². The first-order valence-corrected chi connectivity index (χ1v) is 6.58. The van der Waals surface area contributed by atoms with Gasteiger partial charge in [0.1, 0.15) is 5.78 Å². The highest BCUT2D eigenvalue weighted by atomic mass is 16.1. The summed E-state index contributed by atoms with van der Waals surface area (Å²) in [5.74, 6) is 0.860. The fraction of sp³-hybridized carbons (Fsp3) is 0.923. The lowest BCUT2D eigenvalue weighted by Gasteiger charge is -2.28. The van der Waals surface area contributed by atoms with Gasteiger partial charge in [0.25, 0.3) is 0 Å². The fourth-order valence-corrected chi connectivity index (χ4v) is 3.13. The number of Topliss-reactive ketones (excluding diaryl/α,β-unsaturated/α-hetero) is 1. The lowest BCUT2D eigenvalue weighted by Crippen LogP contribution is -2.40. The van der Waals surface area contributed by atoms with Gasteiger partial charge in [-0.15, -0.1) is 0 Å². The van der Waals surface area contributed by atoms with Crippen molar-refractivity contribution in [3.63, 3.8) is 0 Å². The van der Waals surface area contributed by atoms with Crippen LogP contribution in [0, 0.1) is 5.92 Å². The minimum Gasteiger partial charge on any atom is -0.308 e. The second kappa shape index (κ2) is 5.28. The molecule has 1 aliphatic heterocycles. The average molecular weight is 224 g/mol. The third-order valence-electron chi connectivity index (χ3n) is 3.96. The Morgan fingerprint density at radius 1 is 1.31 bits per heavy atom. The van der Waals surface area contributed by atoms with Crippen molar-refractivity contribution in [3.8, 4) is 0 Å². The van der Waals surface area contributed by atoms with Crippen LogP contribution in [-0.2, 0) is 4.79 Å². The smallest absolute Gasteiger partial charge is 0.137 e. The van der Waals surface area contributed by atoms with E-state index in [1.54, 1.807) is 0 Å². The van der Waals surface area contributed by atoms with Gasteiger partial charge >= 0.3 is 0 Å². The molecular weight excluding hydrogens is 200 g/mol. The van der Waals surface area contributed by atoms with Crippen LogP contribution in [0.5, 0.6) is 0 Å². The van der Waals surface area contributed by atoms with Crippen molar-refractivity contribution >= 4 is 5.78 Å². The molecule has 2 aliphatic rings. The Morgan fingerprint density at radius 2 is 2.12 bits per heavy atom. The number of likely N-dealkylation sites (N-methyl/N-ethyl adjacent to an activating group) is 1. The molecule has 0 spiro atoms. The Labute approximate surface area is 98.8 Å². The van der Waals surface area contributed by atoms with Crippen molar-refractivity contribution in [2.45, 2.75) is 38.1 Å². The zero-order valence-corrected chi connectivity index (χ0v) is 10.6. The van der Waals surface area contributed by atoms with Crippen LogP contribution in [0.2, 0.25) is 0 Å². The predicted molar refractivity (Wildman–Crippen MR) is 65.5 cm³/mol. The summed E-state index contributed by atoms with van der Waals surface area (Å²) in [6.45, 7) is 3.36. The summed E-state index contributed by atoms with van der Waals surface area (Å²) in [4.78, 5) is 16.5. The topological polar surface area (TPSA) is 23.6 Å². The standard InChI is InChI=1S/C13H24N2O/c1-14(2)10-12-6-4-8-15(12)9-11-5-3-7-13(11)16/h11-12H,3-10H2,1-2H3. The quantitative estimate of drug-likeness (QED) is 0.721. The number of nitrogens with zero attached hydrogens (tertiary/aromatic N) is 2. The van der Waals surface area contributed by atoms with E-state index in [4.69, 9.17) is 0 Å². The minimum absolute atomic E-state index is 0.350. The number of rotatable bonds is 4. The van der Waals surface area contributed by atoms with Gasteiger partial charge in [0.15, 0.2) is 0 Å². The minimum atomic E-state index is 0.350. The zero-order valence-electron chi connectivity index (χ0n) is 10.6. The zero-order chi connectivity index (χ0) is 11.5. The van der Waals surface area contributed by atoms with Gasteiger partial charge in [-0.1, -0.05) is 0 Å². The average Bonchev–Trinajstić information content (AvgIpc) is 2.78. The van der Waals surface area contributed by atoms with Crippen molar-refractivity contribution in [1.29, 1.82) is 0 Å². The molecule has 1 aliphatic carbocycles. The van der Waals surface area contributed by atoms with Gasteiger partial charge in [0, 0.05) is 31.5 Å². The van der Waals surface area contributed by atoms with E-state index in [2.05, 4.69) is 23.9 Å². The normalized spacial score (nSPS) is 31.8. The van der Waals surface area contributed by atoms with Crippen molar-refractivity contribution in [1.82, 2.24) is 9.80 Å². The van der Waals surface area contributed by atoms with Crippen LogP contribution in [0.25, 0.3) is 0 Å². The molecule has 1 heterocycles. The summed E-state index contributed by atoms with van der Waals surface area (Å²) in [6.07, 6.45) is 5.69. The molecule has 0 amide bonds. The highest BCUT2D eigenvalue weighted by Gasteiger charge is 2.31. The van der Waals surface area contributed by atoms with Gasteiger partial charge in [0.05, 0.1) is 0 Å². The maximum Gasteiger partial charge on any atom is 0.137 e. The second-order valence-corrected chi connectivity index (χ2v) is 5.61. The van der Waals surface area contributed by atoms with E-state index in [9.17, 15) is 4.79 Å². The van der Waals surface area contributed by atoms with Crippen LogP contribution in [-0.4, -0.2) is 55.4 Å². The highest BCUT2D eigenvalue weighted by Crippen LogP contribution is 2.26. The predicted octanol–water partition coefficient (Wildman–Crippen LogP) is 1.38. The third-order valence-corrected chi connectivity index (χ3v) is 3.96. The van der Waals surface area contributed by atoms with Gasteiger partial charge in [-0.2, -0.15) is 0 Å². The largest absolute Gasteiger partial charge is 0.308 e. The van der Waals surface area contributed by atoms with E-state index in [1.165, 1.54) is 19.4 Å². The lowest BCUT2D eigenvalue weighted by atomic mass is 10.1. The van der Waals surface area contributed by atoms with Gasteiger partial charge in [-0.05, 0) is 46.3 Å². The summed E-state index contributed by atoms with van der Waals surface area (Å²) in [5, 5.41) is 0. The van der Waals surface area contributed by atoms with Gasteiger partial charge in [0.2, 0.25) is 0 Å². The molecule has 2 atom stereocenters. The van der Waals surface area contributed by atoms with E-state index >= 15 is 0 Å². The van der Waals surface area contributed by atoms with E-state index in [0.29, 0.717) is 17.7 Å². The fourth-order valence-electron chi connectivity index (χ4n) is 3.13. The number of hydrogen-bond donors (Lipinski definition) is 0. The van der Waals surface area contributed by atoms with Crippen molar-refractivity contribution in [2.75, 3.05) is 33.7 Å². The monoisotopic (exact) mass is 224 g/mol. The van der Waals surface area contributed by atoms with E-state index in [0.717, 1.165) is 32.4 Å². The molecule has 2 unspecified atom stereocenters. The molecule has 0 aromatic rings. The van der Waals surface area contributed by atoms with Gasteiger partial charge in [-0.3, -0.25) is 9.69 Å². The molecule has 1 saturated heterocycles. The number of carbonyl (C=O) groups excluding carboxylic acids is 1. The van der Waals surface area contributed by atoms with Gasteiger partial charge in [-0.25, -0.2) is 0 Å².